The van der Waals surface area contributed by atoms with Gasteiger partial charge in [-0.15, -0.1) is 23.1 Å². The molecule has 0 atom stereocenters. The van der Waals surface area contributed by atoms with Crippen LogP contribution in [0.3, 0.4) is 0 Å². The van der Waals surface area contributed by atoms with Gasteiger partial charge in [-0.25, -0.2) is 0 Å². The van der Waals surface area contributed by atoms with Gasteiger partial charge in [-0.2, -0.15) is 0 Å². The first-order valence-electron chi connectivity index (χ1n) is 4.39. The van der Waals surface area contributed by atoms with Crippen LogP contribution in [0.5, 0.6) is 0 Å². The molecule has 5 heteroatoms. The van der Waals surface area contributed by atoms with Crippen molar-refractivity contribution in [2.45, 2.75) is 17.6 Å². The van der Waals surface area contributed by atoms with Crippen molar-refractivity contribution < 1.29 is 14.3 Å². The van der Waals surface area contributed by atoms with Gasteiger partial charge >= 0.3 is 5.97 Å². The fourth-order valence-corrected chi connectivity index (χ4v) is 2.89. The normalized spacial score (nSPS) is 10.0. The van der Waals surface area contributed by atoms with Crippen molar-refractivity contribution in [2.75, 3.05) is 12.9 Å². The molecular weight excluding hydrogens is 232 g/mol. The van der Waals surface area contributed by atoms with Crippen LogP contribution in [0.25, 0.3) is 0 Å². The number of ether oxygens (including phenoxy) is 1. The first-order valence-corrected chi connectivity index (χ1v) is 6.20. The Labute approximate surface area is 96.8 Å². The highest BCUT2D eigenvalue weighted by molar-refractivity contribution is 8.01. The second kappa shape index (κ2) is 5.92. The van der Waals surface area contributed by atoms with E-state index in [1.807, 2.05) is 19.1 Å². The van der Waals surface area contributed by atoms with Gasteiger partial charge in [0.05, 0.1) is 17.1 Å². The quantitative estimate of drug-likeness (QED) is 0.453. The Morgan fingerprint density at radius 3 is 2.73 bits per heavy atom. The molecule has 0 aliphatic rings. The molecule has 0 fully saturated rings. The van der Waals surface area contributed by atoms with Crippen molar-refractivity contribution in [3.05, 3.63) is 17.0 Å². The molecule has 0 amide bonds. The van der Waals surface area contributed by atoms with E-state index in [1.165, 1.54) is 23.7 Å². The molecule has 0 bridgehead atoms. The summed E-state index contributed by atoms with van der Waals surface area (Å²) in [6.45, 7) is 2.02. The summed E-state index contributed by atoms with van der Waals surface area (Å²) in [4.78, 5) is 23.3. The van der Waals surface area contributed by atoms with E-state index in [9.17, 15) is 9.59 Å². The number of thioether (sulfide) groups is 1. The number of esters is 1. The van der Waals surface area contributed by atoms with Crippen molar-refractivity contribution >= 4 is 34.9 Å². The SMILES string of the molecule is COC(=O)CC(=O)CSc1ccc(C)s1. The number of ketones is 1. The number of Topliss-reactive ketones (excluding diaryl/α,β-unsaturated/α-hetero) is 1. The van der Waals surface area contributed by atoms with Crippen LogP contribution in [0.4, 0.5) is 0 Å². The van der Waals surface area contributed by atoms with Crippen LogP contribution in [0.1, 0.15) is 11.3 Å². The fraction of sp³-hybridized carbons (Fsp3) is 0.400. The highest BCUT2D eigenvalue weighted by Crippen LogP contribution is 2.26. The Morgan fingerprint density at radius 2 is 2.20 bits per heavy atom. The lowest BCUT2D eigenvalue weighted by atomic mass is 10.3. The Bertz CT molecular complexity index is 357. The molecule has 0 aliphatic heterocycles. The number of hydrogen-bond acceptors (Lipinski definition) is 5. The Balaban J connectivity index is 2.31. The summed E-state index contributed by atoms with van der Waals surface area (Å²) >= 11 is 3.11. The third-order valence-corrected chi connectivity index (χ3v) is 3.95. The van der Waals surface area contributed by atoms with Crippen LogP contribution in [0.15, 0.2) is 16.3 Å². The number of carbonyl (C=O) groups is 2. The van der Waals surface area contributed by atoms with Gasteiger partial charge in [0.2, 0.25) is 0 Å². The van der Waals surface area contributed by atoms with Crippen LogP contribution < -0.4 is 0 Å². The lowest BCUT2D eigenvalue weighted by Gasteiger charge is -1.98. The molecule has 1 rings (SSSR count). The number of carbonyl (C=O) groups excluding carboxylic acids is 2. The van der Waals surface area contributed by atoms with Gasteiger partial charge in [0.1, 0.15) is 6.42 Å². The minimum absolute atomic E-state index is 0.0992. The molecule has 0 saturated carbocycles. The first kappa shape index (κ1) is 12.3. The van der Waals surface area contributed by atoms with Crippen LogP contribution >= 0.6 is 23.1 Å². The highest BCUT2D eigenvalue weighted by atomic mass is 32.2. The number of methoxy groups -OCH3 is 1. The summed E-state index contributed by atoms with van der Waals surface area (Å²) in [6.07, 6.45) is -0.131. The molecule has 0 aromatic carbocycles. The molecular formula is C10H12O3S2. The van der Waals surface area contributed by atoms with Crippen molar-refractivity contribution in [2.24, 2.45) is 0 Å². The van der Waals surface area contributed by atoms with E-state index in [4.69, 9.17) is 0 Å². The zero-order chi connectivity index (χ0) is 11.3. The summed E-state index contributed by atoms with van der Waals surface area (Å²) < 4.78 is 5.51. The lowest BCUT2D eigenvalue weighted by Crippen LogP contribution is -2.10. The van der Waals surface area contributed by atoms with Crippen molar-refractivity contribution in [3.63, 3.8) is 0 Å². The largest absolute Gasteiger partial charge is 0.469 e. The number of rotatable bonds is 5. The van der Waals surface area contributed by atoms with E-state index in [1.54, 1.807) is 11.3 Å². The standard InChI is InChI=1S/C10H12O3S2/c1-7-3-4-10(15-7)14-6-8(11)5-9(12)13-2/h3-4H,5-6H2,1-2H3. The second-order valence-electron chi connectivity index (χ2n) is 2.95. The second-order valence-corrected chi connectivity index (χ2v) is 5.51. The van der Waals surface area contributed by atoms with Gasteiger partial charge < -0.3 is 4.74 Å². The summed E-state index contributed by atoms with van der Waals surface area (Å²) in [6, 6.07) is 3.99. The van der Waals surface area contributed by atoms with Crippen LogP contribution in [-0.2, 0) is 14.3 Å². The van der Waals surface area contributed by atoms with E-state index < -0.39 is 5.97 Å². The molecule has 0 N–H and O–H groups in total. The zero-order valence-corrected chi connectivity index (χ0v) is 10.2. The van der Waals surface area contributed by atoms with Crippen LogP contribution in [-0.4, -0.2) is 24.6 Å². The molecule has 0 spiro atoms. The van der Waals surface area contributed by atoms with Crippen LogP contribution in [0, 0.1) is 6.92 Å². The molecule has 1 aromatic heterocycles. The maximum atomic E-state index is 11.3. The minimum atomic E-state index is -0.469. The van der Waals surface area contributed by atoms with Crippen molar-refractivity contribution in [3.8, 4) is 0 Å². The molecule has 0 saturated heterocycles. The Morgan fingerprint density at radius 1 is 1.47 bits per heavy atom. The van der Waals surface area contributed by atoms with Crippen molar-refractivity contribution in [1.82, 2.24) is 0 Å². The van der Waals surface area contributed by atoms with Gasteiger partial charge in [-0.1, -0.05) is 0 Å². The van der Waals surface area contributed by atoms with Gasteiger partial charge in [-0.3, -0.25) is 9.59 Å². The monoisotopic (exact) mass is 244 g/mol. The van der Waals surface area contributed by atoms with E-state index in [2.05, 4.69) is 4.74 Å². The van der Waals surface area contributed by atoms with Gasteiger partial charge in [-0.05, 0) is 19.1 Å². The average Bonchev–Trinajstić information content (AvgIpc) is 2.61. The van der Waals surface area contributed by atoms with Gasteiger partial charge in [0.25, 0.3) is 0 Å². The van der Waals surface area contributed by atoms with E-state index in [0.29, 0.717) is 5.75 Å². The lowest BCUT2D eigenvalue weighted by molar-refractivity contribution is -0.142. The van der Waals surface area contributed by atoms with Gasteiger partial charge in [0, 0.05) is 4.88 Å². The number of aryl methyl sites for hydroxylation is 1. The summed E-state index contributed by atoms with van der Waals surface area (Å²) in [5, 5.41) is 0. The number of thiophene rings is 1. The molecule has 1 heterocycles. The predicted octanol–water partition coefficient (Wildman–Crippen LogP) is 2.28. The third kappa shape index (κ3) is 4.48. The summed E-state index contributed by atoms with van der Waals surface area (Å²) in [7, 11) is 1.28. The predicted molar refractivity (Wildman–Crippen MR) is 61.4 cm³/mol. The maximum Gasteiger partial charge on any atom is 0.313 e. The average molecular weight is 244 g/mol. The number of hydrogen-bond donors (Lipinski definition) is 0. The van der Waals surface area contributed by atoms with Gasteiger partial charge in [0.15, 0.2) is 5.78 Å². The molecule has 1 aromatic rings. The molecule has 3 nitrogen and oxygen atoms in total. The highest BCUT2D eigenvalue weighted by Gasteiger charge is 2.10. The topological polar surface area (TPSA) is 43.4 Å². The summed E-state index contributed by atoms with van der Waals surface area (Å²) in [5.41, 5.74) is 0. The molecule has 0 radical (unpaired) electrons. The molecule has 82 valence electrons. The van der Waals surface area contributed by atoms with E-state index in [0.717, 1.165) is 4.21 Å². The first-order chi connectivity index (χ1) is 7.11. The summed E-state index contributed by atoms with van der Waals surface area (Å²) in [5.74, 6) is -0.240. The maximum absolute atomic E-state index is 11.3. The molecule has 0 aliphatic carbocycles. The Kier molecular flexibility index (Phi) is 4.84. The molecule has 0 unspecified atom stereocenters. The minimum Gasteiger partial charge on any atom is -0.469 e. The Hall–Kier alpha value is -0.810. The molecule has 15 heavy (non-hydrogen) atoms. The smallest absolute Gasteiger partial charge is 0.313 e. The zero-order valence-electron chi connectivity index (χ0n) is 8.61. The van der Waals surface area contributed by atoms with Crippen LogP contribution in [0.2, 0.25) is 0 Å². The van der Waals surface area contributed by atoms with E-state index in [-0.39, 0.29) is 12.2 Å². The fourth-order valence-electron chi connectivity index (χ4n) is 0.925. The van der Waals surface area contributed by atoms with Crippen molar-refractivity contribution in [1.29, 1.82) is 0 Å². The van der Waals surface area contributed by atoms with E-state index >= 15 is 0 Å². The third-order valence-electron chi connectivity index (χ3n) is 1.66.